The molecule has 1 aromatic rings. The summed E-state index contributed by atoms with van der Waals surface area (Å²) in [5.74, 6) is 0.144. The molecule has 0 heterocycles. The van der Waals surface area contributed by atoms with Crippen LogP contribution in [0, 0.1) is 0 Å². The van der Waals surface area contributed by atoms with Gasteiger partial charge in [0.25, 0.3) is 0 Å². The number of carbonyl (C=O) groups is 2. The molecule has 0 aliphatic carbocycles. The van der Waals surface area contributed by atoms with E-state index < -0.39 is 0 Å². The summed E-state index contributed by atoms with van der Waals surface area (Å²) >= 11 is 3.36. The molecule has 0 unspecified atom stereocenters. The van der Waals surface area contributed by atoms with Crippen molar-refractivity contribution in [2.24, 2.45) is 0 Å². The Hall–Kier alpha value is -1.82. The van der Waals surface area contributed by atoms with Crippen LogP contribution in [0.4, 0.5) is 0 Å². The summed E-state index contributed by atoms with van der Waals surface area (Å²) in [6, 6.07) is 5.50. The first kappa shape index (κ1) is 17.2. The van der Waals surface area contributed by atoms with Crippen LogP contribution in [-0.2, 0) is 9.59 Å². The Morgan fingerprint density at radius 2 is 2.10 bits per heavy atom. The molecule has 0 atom stereocenters. The monoisotopic (exact) mass is 354 g/mol. The van der Waals surface area contributed by atoms with Crippen LogP contribution in [0.2, 0.25) is 0 Å². The Kier molecular flexibility index (Phi) is 7.53. The van der Waals surface area contributed by atoms with Crippen molar-refractivity contribution >= 4 is 33.8 Å². The molecule has 0 aliphatic heterocycles. The van der Waals surface area contributed by atoms with Gasteiger partial charge in [-0.15, -0.1) is 0 Å². The Balaban J connectivity index is 2.54. The van der Waals surface area contributed by atoms with Gasteiger partial charge in [0.15, 0.2) is 0 Å². The van der Waals surface area contributed by atoms with Gasteiger partial charge in [-0.25, -0.2) is 0 Å². The lowest BCUT2D eigenvalue weighted by molar-refractivity contribution is -0.123. The normalized spacial score (nSPS) is 10.4. The summed E-state index contributed by atoms with van der Waals surface area (Å²) in [5, 5.41) is 5.21. The molecule has 0 aromatic heterocycles. The van der Waals surface area contributed by atoms with Crippen molar-refractivity contribution in [1.82, 2.24) is 10.6 Å². The van der Waals surface area contributed by atoms with Crippen molar-refractivity contribution in [1.29, 1.82) is 0 Å². The number of amides is 2. The molecular formula is C15H19BrN2O3. The molecule has 21 heavy (non-hydrogen) atoms. The quantitative estimate of drug-likeness (QED) is 0.737. The van der Waals surface area contributed by atoms with E-state index >= 15 is 0 Å². The van der Waals surface area contributed by atoms with E-state index in [2.05, 4.69) is 26.6 Å². The molecule has 1 aromatic carbocycles. The minimum absolute atomic E-state index is 0.0290. The molecular weight excluding hydrogens is 336 g/mol. The average molecular weight is 355 g/mol. The second-order valence-corrected chi connectivity index (χ2v) is 5.20. The van der Waals surface area contributed by atoms with E-state index in [1.54, 1.807) is 19.3 Å². The number of carbonyl (C=O) groups excluding carboxylic acids is 2. The number of benzene rings is 1. The number of rotatable bonds is 7. The highest BCUT2D eigenvalue weighted by molar-refractivity contribution is 9.10. The molecule has 5 nitrogen and oxygen atoms in total. The lowest BCUT2D eigenvalue weighted by atomic mass is 10.2. The minimum Gasteiger partial charge on any atom is -0.496 e. The van der Waals surface area contributed by atoms with Gasteiger partial charge in [-0.05, 0) is 30.7 Å². The van der Waals surface area contributed by atoms with E-state index in [0.717, 1.165) is 16.5 Å². The molecule has 6 heteroatoms. The highest BCUT2D eigenvalue weighted by Gasteiger charge is 2.03. The zero-order valence-corrected chi connectivity index (χ0v) is 13.7. The second-order valence-electron chi connectivity index (χ2n) is 4.29. The first-order chi connectivity index (χ1) is 10.1. The minimum atomic E-state index is -0.330. The van der Waals surface area contributed by atoms with E-state index in [1.165, 1.54) is 6.08 Å². The van der Waals surface area contributed by atoms with E-state index in [1.807, 2.05) is 19.1 Å². The van der Waals surface area contributed by atoms with Crippen LogP contribution < -0.4 is 15.4 Å². The highest BCUT2D eigenvalue weighted by Crippen LogP contribution is 2.23. The lowest BCUT2D eigenvalue weighted by Crippen LogP contribution is -2.36. The van der Waals surface area contributed by atoms with Crippen molar-refractivity contribution in [3.63, 3.8) is 0 Å². The van der Waals surface area contributed by atoms with E-state index in [4.69, 9.17) is 4.74 Å². The summed E-state index contributed by atoms with van der Waals surface area (Å²) in [4.78, 5) is 23.0. The van der Waals surface area contributed by atoms with Gasteiger partial charge in [0.2, 0.25) is 11.8 Å². The molecule has 114 valence electrons. The van der Waals surface area contributed by atoms with Gasteiger partial charge in [0, 0.05) is 22.7 Å². The zero-order chi connectivity index (χ0) is 15.7. The second kappa shape index (κ2) is 9.18. The standard InChI is InChI=1S/C15H19BrN2O3/c1-3-8-17-15(20)10-18-14(19)7-4-11-9-12(16)5-6-13(11)21-2/h4-7,9H,3,8,10H2,1-2H3,(H,17,20)(H,18,19)/b7-4+. The van der Waals surface area contributed by atoms with Crippen LogP contribution in [-0.4, -0.2) is 32.0 Å². The first-order valence-corrected chi connectivity index (χ1v) is 7.42. The summed E-state index contributed by atoms with van der Waals surface area (Å²) in [5.41, 5.74) is 0.775. The molecule has 0 saturated carbocycles. The third-order valence-electron chi connectivity index (χ3n) is 2.60. The van der Waals surface area contributed by atoms with Crippen molar-refractivity contribution in [3.8, 4) is 5.75 Å². The third-order valence-corrected chi connectivity index (χ3v) is 3.09. The molecule has 2 amide bonds. The van der Waals surface area contributed by atoms with Gasteiger partial charge >= 0.3 is 0 Å². The van der Waals surface area contributed by atoms with E-state index in [0.29, 0.717) is 12.3 Å². The van der Waals surface area contributed by atoms with Crippen LogP contribution in [0.3, 0.4) is 0 Å². The molecule has 2 N–H and O–H groups in total. The van der Waals surface area contributed by atoms with Crippen molar-refractivity contribution in [2.45, 2.75) is 13.3 Å². The molecule has 0 spiro atoms. The SMILES string of the molecule is CCCNC(=O)CNC(=O)/C=C/c1cc(Br)ccc1OC. The lowest BCUT2D eigenvalue weighted by Gasteiger charge is -2.05. The summed E-state index contributed by atoms with van der Waals surface area (Å²) in [6.07, 6.45) is 3.88. The fraction of sp³-hybridized carbons (Fsp3) is 0.333. The summed E-state index contributed by atoms with van der Waals surface area (Å²) in [6.45, 7) is 2.55. The van der Waals surface area contributed by atoms with Crippen molar-refractivity contribution in [3.05, 3.63) is 34.3 Å². The fourth-order valence-electron chi connectivity index (χ4n) is 1.55. The third kappa shape index (κ3) is 6.44. The number of halogens is 1. The number of nitrogens with one attached hydrogen (secondary N) is 2. The van der Waals surface area contributed by atoms with Crippen molar-refractivity contribution in [2.75, 3.05) is 20.2 Å². The van der Waals surface area contributed by atoms with Gasteiger partial charge in [0.1, 0.15) is 5.75 Å². The predicted octanol–water partition coefficient (Wildman–Crippen LogP) is 2.11. The van der Waals surface area contributed by atoms with E-state index in [-0.39, 0.29) is 18.4 Å². The maximum absolute atomic E-state index is 11.6. The van der Waals surface area contributed by atoms with Gasteiger partial charge < -0.3 is 15.4 Å². The Morgan fingerprint density at radius 3 is 2.76 bits per heavy atom. The summed E-state index contributed by atoms with van der Waals surface area (Å²) in [7, 11) is 1.57. The molecule has 0 saturated heterocycles. The van der Waals surface area contributed by atoms with Crippen LogP contribution in [0.25, 0.3) is 6.08 Å². The molecule has 1 rings (SSSR count). The predicted molar refractivity (Wildman–Crippen MR) is 86.0 cm³/mol. The molecule has 0 aliphatic rings. The fourth-order valence-corrected chi connectivity index (χ4v) is 1.93. The highest BCUT2D eigenvalue weighted by atomic mass is 79.9. The maximum Gasteiger partial charge on any atom is 0.244 e. The number of methoxy groups -OCH3 is 1. The maximum atomic E-state index is 11.6. The molecule has 0 fully saturated rings. The van der Waals surface area contributed by atoms with Gasteiger partial charge in [-0.1, -0.05) is 22.9 Å². The topological polar surface area (TPSA) is 67.4 Å². The molecule has 0 bridgehead atoms. The van der Waals surface area contributed by atoms with Crippen LogP contribution in [0.15, 0.2) is 28.7 Å². The Morgan fingerprint density at radius 1 is 1.33 bits per heavy atom. The van der Waals surface area contributed by atoms with Crippen molar-refractivity contribution < 1.29 is 14.3 Å². The number of ether oxygens (including phenoxy) is 1. The Bertz CT molecular complexity index is 530. The number of hydrogen-bond donors (Lipinski definition) is 2. The largest absolute Gasteiger partial charge is 0.496 e. The van der Waals surface area contributed by atoms with Crippen LogP contribution in [0.1, 0.15) is 18.9 Å². The molecule has 0 radical (unpaired) electrons. The summed E-state index contributed by atoms with van der Waals surface area (Å²) < 4.78 is 6.10. The van der Waals surface area contributed by atoms with Gasteiger partial charge in [-0.2, -0.15) is 0 Å². The van der Waals surface area contributed by atoms with Crippen LogP contribution in [0.5, 0.6) is 5.75 Å². The zero-order valence-electron chi connectivity index (χ0n) is 12.1. The van der Waals surface area contributed by atoms with E-state index in [9.17, 15) is 9.59 Å². The first-order valence-electron chi connectivity index (χ1n) is 6.63. The Labute approximate surface area is 132 Å². The smallest absolute Gasteiger partial charge is 0.244 e. The van der Waals surface area contributed by atoms with Gasteiger partial charge in [0.05, 0.1) is 13.7 Å². The van der Waals surface area contributed by atoms with Gasteiger partial charge in [-0.3, -0.25) is 9.59 Å². The number of hydrogen-bond acceptors (Lipinski definition) is 3. The van der Waals surface area contributed by atoms with Crippen LogP contribution >= 0.6 is 15.9 Å². The average Bonchev–Trinajstić information content (AvgIpc) is 2.48.